The van der Waals surface area contributed by atoms with Crippen molar-refractivity contribution >= 4 is 5.69 Å². The number of pyridine rings is 1. The van der Waals surface area contributed by atoms with Crippen LogP contribution in [0.1, 0.15) is 33.1 Å². The highest BCUT2D eigenvalue weighted by molar-refractivity contribution is 5.44. The first-order valence-electron chi connectivity index (χ1n) is 6.70. The minimum atomic E-state index is 0.646. The highest BCUT2D eigenvalue weighted by atomic mass is 15.1. The fraction of sp³-hybridized carbons (Fsp3) is 0.643. The van der Waals surface area contributed by atoms with Gasteiger partial charge in [0.1, 0.15) is 0 Å². The standard InChI is InChI=1S/C14H23N3/c1-3-12(2)16-13-6-10-17(11-7-13)14-4-8-15-9-5-14/h4-5,8-9,12-13,16H,3,6-7,10-11H2,1-2H3. The van der Waals surface area contributed by atoms with Crippen LogP contribution in [0.2, 0.25) is 0 Å². The molecule has 3 heteroatoms. The summed E-state index contributed by atoms with van der Waals surface area (Å²) in [4.78, 5) is 6.52. The van der Waals surface area contributed by atoms with E-state index in [0.717, 1.165) is 13.1 Å². The average Bonchev–Trinajstić information content (AvgIpc) is 2.40. The maximum Gasteiger partial charge on any atom is 0.0397 e. The molecule has 0 aliphatic carbocycles. The zero-order valence-corrected chi connectivity index (χ0v) is 10.9. The van der Waals surface area contributed by atoms with Crippen LogP contribution in [0.25, 0.3) is 0 Å². The number of hydrogen-bond acceptors (Lipinski definition) is 3. The van der Waals surface area contributed by atoms with Gasteiger partial charge < -0.3 is 10.2 Å². The van der Waals surface area contributed by atoms with Crippen LogP contribution in [0, 0.1) is 0 Å². The molecule has 94 valence electrons. The van der Waals surface area contributed by atoms with Crippen LogP contribution in [-0.4, -0.2) is 30.2 Å². The number of aromatic nitrogens is 1. The lowest BCUT2D eigenvalue weighted by molar-refractivity contribution is 0.372. The zero-order valence-electron chi connectivity index (χ0n) is 10.9. The molecule has 0 bridgehead atoms. The van der Waals surface area contributed by atoms with Crippen molar-refractivity contribution in [3.05, 3.63) is 24.5 Å². The second-order valence-electron chi connectivity index (χ2n) is 4.94. The smallest absolute Gasteiger partial charge is 0.0397 e. The third kappa shape index (κ3) is 3.43. The summed E-state index contributed by atoms with van der Waals surface area (Å²) in [5.74, 6) is 0. The van der Waals surface area contributed by atoms with Crippen molar-refractivity contribution in [3.63, 3.8) is 0 Å². The van der Waals surface area contributed by atoms with E-state index in [9.17, 15) is 0 Å². The fourth-order valence-corrected chi connectivity index (χ4v) is 2.38. The summed E-state index contributed by atoms with van der Waals surface area (Å²) < 4.78 is 0. The van der Waals surface area contributed by atoms with Crippen LogP contribution in [0.5, 0.6) is 0 Å². The molecule has 3 nitrogen and oxygen atoms in total. The molecule has 17 heavy (non-hydrogen) atoms. The summed E-state index contributed by atoms with van der Waals surface area (Å²) >= 11 is 0. The lowest BCUT2D eigenvalue weighted by Gasteiger charge is -2.35. The van der Waals surface area contributed by atoms with Gasteiger partial charge in [-0.15, -0.1) is 0 Å². The van der Waals surface area contributed by atoms with Crippen molar-refractivity contribution in [2.75, 3.05) is 18.0 Å². The maximum atomic E-state index is 4.07. The van der Waals surface area contributed by atoms with Gasteiger partial charge in [-0.2, -0.15) is 0 Å². The Kier molecular flexibility index (Phi) is 4.37. The molecule has 2 heterocycles. The number of piperidine rings is 1. The van der Waals surface area contributed by atoms with Gasteiger partial charge in [-0.1, -0.05) is 6.92 Å². The molecule has 0 saturated carbocycles. The minimum absolute atomic E-state index is 0.646. The van der Waals surface area contributed by atoms with Gasteiger partial charge in [0.2, 0.25) is 0 Å². The van der Waals surface area contributed by atoms with Gasteiger partial charge in [-0.25, -0.2) is 0 Å². The molecule has 1 fully saturated rings. The molecular weight excluding hydrogens is 210 g/mol. The zero-order chi connectivity index (χ0) is 12.1. The quantitative estimate of drug-likeness (QED) is 0.865. The van der Waals surface area contributed by atoms with Crippen LogP contribution in [-0.2, 0) is 0 Å². The third-order valence-electron chi connectivity index (χ3n) is 3.66. The van der Waals surface area contributed by atoms with E-state index >= 15 is 0 Å². The molecule has 1 unspecified atom stereocenters. The van der Waals surface area contributed by atoms with Crippen molar-refractivity contribution in [1.29, 1.82) is 0 Å². The van der Waals surface area contributed by atoms with E-state index in [1.54, 1.807) is 0 Å². The first-order valence-corrected chi connectivity index (χ1v) is 6.70. The first kappa shape index (κ1) is 12.4. The Morgan fingerprint density at radius 1 is 1.35 bits per heavy atom. The van der Waals surface area contributed by atoms with Crippen molar-refractivity contribution < 1.29 is 0 Å². The van der Waals surface area contributed by atoms with Gasteiger partial charge in [0.05, 0.1) is 0 Å². The lowest BCUT2D eigenvalue weighted by atomic mass is 10.0. The van der Waals surface area contributed by atoms with Gasteiger partial charge in [-0.05, 0) is 38.3 Å². The van der Waals surface area contributed by atoms with E-state index in [0.29, 0.717) is 12.1 Å². The van der Waals surface area contributed by atoms with E-state index < -0.39 is 0 Å². The van der Waals surface area contributed by atoms with Crippen molar-refractivity contribution in [2.45, 2.75) is 45.2 Å². The average molecular weight is 233 g/mol. The Morgan fingerprint density at radius 3 is 2.59 bits per heavy atom. The predicted molar refractivity (Wildman–Crippen MR) is 72.4 cm³/mol. The maximum absolute atomic E-state index is 4.07. The monoisotopic (exact) mass is 233 g/mol. The van der Waals surface area contributed by atoms with Crippen molar-refractivity contribution in [3.8, 4) is 0 Å². The summed E-state index contributed by atoms with van der Waals surface area (Å²) in [6.07, 6.45) is 7.45. The summed E-state index contributed by atoms with van der Waals surface area (Å²) in [5, 5.41) is 3.70. The van der Waals surface area contributed by atoms with Crippen molar-refractivity contribution in [1.82, 2.24) is 10.3 Å². The molecule has 2 rings (SSSR count). The molecular formula is C14H23N3. The summed E-state index contributed by atoms with van der Waals surface area (Å²) in [6, 6.07) is 5.54. The fourth-order valence-electron chi connectivity index (χ4n) is 2.38. The van der Waals surface area contributed by atoms with Gasteiger partial charge in [0.15, 0.2) is 0 Å². The number of hydrogen-bond donors (Lipinski definition) is 1. The number of nitrogens with zero attached hydrogens (tertiary/aromatic N) is 2. The molecule has 1 atom stereocenters. The van der Waals surface area contributed by atoms with Crippen LogP contribution in [0.15, 0.2) is 24.5 Å². The largest absolute Gasteiger partial charge is 0.371 e. The molecule has 0 aromatic carbocycles. The Morgan fingerprint density at radius 2 is 2.00 bits per heavy atom. The van der Waals surface area contributed by atoms with E-state index in [1.165, 1.54) is 24.9 Å². The molecule has 0 spiro atoms. The second kappa shape index (κ2) is 6.01. The third-order valence-corrected chi connectivity index (χ3v) is 3.66. The molecule has 0 amide bonds. The lowest BCUT2D eigenvalue weighted by Crippen LogP contribution is -2.45. The molecule has 1 aliphatic heterocycles. The van der Waals surface area contributed by atoms with Crippen molar-refractivity contribution in [2.24, 2.45) is 0 Å². The van der Waals surface area contributed by atoms with E-state index in [-0.39, 0.29) is 0 Å². The SMILES string of the molecule is CCC(C)NC1CCN(c2ccncc2)CC1. The minimum Gasteiger partial charge on any atom is -0.371 e. The van der Waals surface area contributed by atoms with Crippen LogP contribution < -0.4 is 10.2 Å². The Labute approximate surface area is 104 Å². The summed E-state index contributed by atoms with van der Waals surface area (Å²) in [7, 11) is 0. The van der Waals surface area contributed by atoms with E-state index in [1.807, 2.05) is 12.4 Å². The highest BCUT2D eigenvalue weighted by Gasteiger charge is 2.19. The predicted octanol–water partition coefficient (Wildman–Crippen LogP) is 2.44. The molecule has 0 radical (unpaired) electrons. The van der Waals surface area contributed by atoms with E-state index in [2.05, 4.69) is 41.2 Å². The Balaban J connectivity index is 1.82. The molecule has 1 N–H and O–H groups in total. The normalized spacial score (nSPS) is 19.3. The Bertz CT molecular complexity index is 317. The van der Waals surface area contributed by atoms with E-state index in [4.69, 9.17) is 0 Å². The number of nitrogens with one attached hydrogen (secondary N) is 1. The van der Waals surface area contributed by atoms with Crippen LogP contribution in [0.4, 0.5) is 5.69 Å². The van der Waals surface area contributed by atoms with Gasteiger partial charge in [0.25, 0.3) is 0 Å². The first-order chi connectivity index (χ1) is 8.29. The summed E-state index contributed by atoms with van der Waals surface area (Å²) in [5.41, 5.74) is 1.31. The van der Waals surface area contributed by atoms with Gasteiger partial charge in [-0.3, -0.25) is 4.98 Å². The second-order valence-corrected chi connectivity index (χ2v) is 4.94. The highest BCUT2D eigenvalue weighted by Crippen LogP contribution is 2.19. The number of rotatable bonds is 4. The van der Waals surface area contributed by atoms with Crippen LogP contribution >= 0.6 is 0 Å². The van der Waals surface area contributed by atoms with Gasteiger partial charge in [0, 0.05) is 43.3 Å². The molecule has 1 aromatic rings. The number of anilines is 1. The summed E-state index contributed by atoms with van der Waals surface area (Å²) in [6.45, 7) is 6.81. The van der Waals surface area contributed by atoms with Crippen LogP contribution in [0.3, 0.4) is 0 Å². The van der Waals surface area contributed by atoms with Gasteiger partial charge >= 0.3 is 0 Å². The molecule has 1 aliphatic rings. The Hall–Kier alpha value is -1.09. The topological polar surface area (TPSA) is 28.2 Å². The molecule has 1 saturated heterocycles. The molecule has 1 aromatic heterocycles.